The van der Waals surface area contributed by atoms with Crippen molar-refractivity contribution in [1.82, 2.24) is 4.98 Å². The lowest BCUT2D eigenvalue weighted by Gasteiger charge is -2.49. The molecule has 0 bridgehead atoms. The first-order chi connectivity index (χ1) is 13.9. The summed E-state index contributed by atoms with van der Waals surface area (Å²) in [5, 5.41) is 0.239. The first-order valence-electron chi connectivity index (χ1n) is 9.34. The second-order valence-electron chi connectivity index (χ2n) is 7.42. The molecule has 0 saturated carbocycles. The van der Waals surface area contributed by atoms with Crippen molar-refractivity contribution in [1.29, 1.82) is 0 Å². The molecule has 0 aliphatic carbocycles. The highest BCUT2D eigenvalue weighted by Crippen LogP contribution is 2.52. The van der Waals surface area contributed by atoms with Gasteiger partial charge in [-0.05, 0) is 37.6 Å². The zero-order valence-corrected chi connectivity index (χ0v) is 17.0. The number of benzene rings is 1. The van der Waals surface area contributed by atoms with Gasteiger partial charge in [-0.15, -0.1) is 5.92 Å². The number of aliphatic imine (C=N–C) groups is 1. The number of fused-ring (bicyclic) bond motifs is 1. The number of hydrogen-bond acceptors (Lipinski definition) is 5. The Morgan fingerprint density at radius 1 is 1.28 bits per heavy atom. The number of thioether (sulfide) groups is 1. The molecule has 1 saturated heterocycles. The molecule has 1 aromatic carbocycles. The minimum atomic E-state index is -1.76. The van der Waals surface area contributed by atoms with E-state index in [0.717, 1.165) is 22.9 Å². The SMILES string of the molecule is CC#Cc1cncc(-c2ccc(F)c([C@]34CO[C@@H](C)C[C@@]3(F)CSC(N)=N4)c2)c1. The van der Waals surface area contributed by atoms with E-state index in [2.05, 4.69) is 21.8 Å². The number of aromatic nitrogens is 1. The maximum absolute atomic E-state index is 16.2. The molecule has 4 nitrogen and oxygen atoms in total. The maximum Gasteiger partial charge on any atom is 0.155 e. The number of hydrogen-bond donors (Lipinski definition) is 1. The molecule has 4 rings (SSSR count). The van der Waals surface area contributed by atoms with Gasteiger partial charge < -0.3 is 10.5 Å². The van der Waals surface area contributed by atoms with E-state index >= 15 is 8.78 Å². The van der Waals surface area contributed by atoms with Crippen LogP contribution in [-0.4, -0.2) is 34.3 Å². The summed E-state index contributed by atoms with van der Waals surface area (Å²) in [7, 11) is 0. The van der Waals surface area contributed by atoms with E-state index in [-0.39, 0.29) is 35.6 Å². The molecule has 150 valence electrons. The minimum absolute atomic E-state index is 0.0636. The monoisotopic (exact) mass is 413 g/mol. The predicted molar refractivity (Wildman–Crippen MR) is 112 cm³/mol. The number of ether oxygens (including phenoxy) is 1. The molecular formula is C22H21F2N3OS. The first-order valence-corrected chi connectivity index (χ1v) is 10.3. The van der Waals surface area contributed by atoms with Crippen LogP contribution < -0.4 is 5.73 Å². The number of rotatable bonds is 2. The third-order valence-corrected chi connectivity index (χ3v) is 6.42. The Morgan fingerprint density at radius 3 is 2.90 bits per heavy atom. The molecule has 0 unspecified atom stereocenters. The van der Waals surface area contributed by atoms with Gasteiger partial charge in [-0.1, -0.05) is 23.7 Å². The van der Waals surface area contributed by atoms with Crippen LogP contribution >= 0.6 is 11.8 Å². The van der Waals surface area contributed by atoms with E-state index in [4.69, 9.17) is 10.5 Å². The Hall–Kier alpha value is -2.43. The van der Waals surface area contributed by atoms with Crippen LogP contribution in [-0.2, 0) is 10.3 Å². The summed E-state index contributed by atoms with van der Waals surface area (Å²) in [6.45, 7) is 3.50. The summed E-state index contributed by atoms with van der Waals surface area (Å²) in [5.41, 5.74) is 5.05. The Balaban J connectivity index is 1.88. The van der Waals surface area contributed by atoms with E-state index < -0.39 is 17.0 Å². The number of alkyl halides is 1. The lowest BCUT2D eigenvalue weighted by atomic mass is 9.72. The van der Waals surface area contributed by atoms with Crippen LogP contribution in [0.2, 0.25) is 0 Å². The average molecular weight is 413 g/mol. The quantitative estimate of drug-likeness (QED) is 0.755. The summed E-state index contributed by atoms with van der Waals surface area (Å²) in [6, 6.07) is 6.49. The van der Waals surface area contributed by atoms with Crippen LogP contribution in [0.25, 0.3) is 11.1 Å². The van der Waals surface area contributed by atoms with Crippen LogP contribution in [0.15, 0.2) is 41.7 Å². The van der Waals surface area contributed by atoms with Gasteiger partial charge in [-0.25, -0.2) is 13.8 Å². The van der Waals surface area contributed by atoms with Gasteiger partial charge in [0.25, 0.3) is 0 Å². The van der Waals surface area contributed by atoms with Crippen molar-refractivity contribution in [3.63, 3.8) is 0 Å². The molecule has 2 N–H and O–H groups in total. The number of nitrogens with zero attached hydrogens (tertiary/aromatic N) is 2. The lowest BCUT2D eigenvalue weighted by Crippen LogP contribution is -2.60. The van der Waals surface area contributed by atoms with Crippen molar-refractivity contribution < 1.29 is 13.5 Å². The summed E-state index contributed by atoms with van der Waals surface area (Å²) in [5.74, 6) is 5.38. The van der Waals surface area contributed by atoms with E-state index in [9.17, 15) is 0 Å². The van der Waals surface area contributed by atoms with Gasteiger partial charge in [0.15, 0.2) is 10.8 Å². The second kappa shape index (κ2) is 7.43. The molecule has 1 aromatic heterocycles. The zero-order chi connectivity index (χ0) is 20.6. The van der Waals surface area contributed by atoms with Crippen molar-refractivity contribution in [3.8, 4) is 23.0 Å². The second-order valence-corrected chi connectivity index (χ2v) is 8.42. The maximum atomic E-state index is 16.2. The van der Waals surface area contributed by atoms with Crippen molar-refractivity contribution in [3.05, 3.63) is 53.6 Å². The number of nitrogens with two attached hydrogens (primary N) is 1. The molecule has 0 radical (unpaired) electrons. The molecule has 0 amide bonds. The zero-order valence-electron chi connectivity index (χ0n) is 16.2. The van der Waals surface area contributed by atoms with Crippen LogP contribution in [0.1, 0.15) is 31.4 Å². The van der Waals surface area contributed by atoms with Crippen molar-refractivity contribution >= 4 is 16.9 Å². The molecule has 2 aliphatic rings. The van der Waals surface area contributed by atoms with Gasteiger partial charge >= 0.3 is 0 Å². The fraction of sp³-hybridized carbons (Fsp3) is 0.364. The lowest BCUT2D eigenvalue weighted by molar-refractivity contribution is -0.107. The predicted octanol–water partition coefficient (Wildman–Crippen LogP) is 4.03. The van der Waals surface area contributed by atoms with Crippen molar-refractivity contribution in [2.45, 2.75) is 37.6 Å². The van der Waals surface area contributed by atoms with E-state index in [0.29, 0.717) is 5.56 Å². The minimum Gasteiger partial charge on any atom is -0.379 e. The van der Waals surface area contributed by atoms with Crippen molar-refractivity contribution in [2.24, 2.45) is 10.7 Å². The molecule has 1 fully saturated rings. The van der Waals surface area contributed by atoms with Crippen LogP contribution in [0.3, 0.4) is 0 Å². The molecule has 3 heterocycles. The largest absolute Gasteiger partial charge is 0.379 e. The summed E-state index contributed by atoms with van der Waals surface area (Å²) >= 11 is 1.16. The first kappa shape index (κ1) is 19.9. The van der Waals surface area contributed by atoms with Gasteiger partial charge in [-0.3, -0.25) is 4.98 Å². The Morgan fingerprint density at radius 2 is 2.10 bits per heavy atom. The smallest absolute Gasteiger partial charge is 0.155 e. The number of pyridine rings is 1. The molecule has 2 aromatic rings. The highest BCUT2D eigenvalue weighted by molar-refractivity contribution is 8.13. The fourth-order valence-electron chi connectivity index (χ4n) is 4.01. The van der Waals surface area contributed by atoms with Gasteiger partial charge in [0.2, 0.25) is 0 Å². The van der Waals surface area contributed by atoms with Gasteiger partial charge in [-0.2, -0.15) is 0 Å². The normalized spacial score (nSPS) is 28.7. The summed E-state index contributed by atoms with van der Waals surface area (Å²) in [6.07, 6.45) is 3.19. The Bertz CT molecular complexity index is 1050. The van der Waals surface area contributed by atoms with E-state index in [1.807, 2.05) is 13.0 Å². The van der Waals surface area contributed by atoms with E-state index in [1.165, 1.54) is 6.07 Å². The van der Waals surface area contributed by atoms with Crippen LogP contribution in [0.4, 0.5) is 8.78 Å². The average Bonchev–Trinajstić information content (AvgIpc) is 2.69. The summed E-state index contributed by atoms with van der Waals surface area (Å²) in [4.78, 5) is 8.65. The third kappa shape index (κ3) is 3.41. The topological polar surface area (TPSA) is 60.5 Å². The molecule has 2 aliphatic heterocycles. The molecule has 3 atom stereocenters. The van der Waals surface area contributed by atoms with Gasteiger partial charge in [0.05, 0.1) is 12.7 Å². The highest BCUT2D eigenvalue weighted by Gasteiger charge is 2.60. The number of amidine groups is 1. The fourth-order valence-corrected chi connectivity index (χ4v) is 4.96. The Labute approximate surface area is 173 Å². The van der Waals surface area contributed by atoms with E-state index in [1.54, 1.807) is 31.5 Å². The van der Waals surface area contributed by atoms with Crippen LogP contribution in [0, 0.1) is 17.7 Å². The van der Waals surface area contributed by atoms with Gasteiger partial charge in [0, 0.05) is 41.3 Å². The van der Waals surface area contributed by atoms with Gasteiger partial charge in [0.1, 0.15) is 11.4 Å². The third-order valence-electron chi connectivity index (χ3n) is 5.43. The highest BCUT2D eigenvalue weighted by atomic mass is 32.2. The molecule has 7 heteroatoms. The van der Waals surface area contributed by atoms with Crippen LogP contribution in [0.5, 0.6) is 0 Å². The molecule has 0 spiro atoms. The Kier molecular flexibility index (Phi) is 5.09. The summed E-state index contributed by atoms with van der Waals surface area (Å²) < 4.78 is 37.0. The standard InChI is InChI=1S/C22H21F2N3OS/c1-3-4-15-7-17(11-26-10-15)16-5-6-19(23)18(8-16)22-12-28-14(2)9-21(22,24)13-29-20(25)27-22/h5-8,10-11,14H,9,12-13H2,1-2H3,(H2,25,27)/t14-,21+,22+/m0/s1. The number of halogens is 2. The molecular weight excluding hydrogens is 392 g/mol. The molecule has 29 heavy (non-hydrogen) atoms. The van der Waals surface area contributed by atoms with Crippen molar-refractivity contribution in [2.75, 3.05) is 12.4 Å².